The highest BCUT2D eigenvalue weighted by atomic mass is 35.5. The van der Waals surface area contributed by atoms with Gasteiger partial charge < -0.3 is 10.1 Å². The van der Waals surface area contributed by atoms with Crippen LogP contribution in [0.2, 0.25) is 5.02 Å². The lowest BCUT2D eigenvalue weighted by atomic mass is 10.1. The van der Waals surface area contributed by atoms with Crippen LogP contribution < -0.4 is 10.1 Å². The van der Waals surface area contributed by atoms with Gasteiger partial charge in [0, 0.05) is 33.3 Å². The van der Waals surface area contributed by atoms with Gasteiger partial charge in [0.2, 0.25) is 0 Å². The van der Waals surface area contributed by atoms with Gasteiger partial charge in [-0.15, -0.1) is 18.3 Å². The van der Waals surface area contributed by atoms with E-state index < -0.39 is 0 Å². The van der Waals surface area contributed by atoms with E-state index in [4.69, 9.17) is 16.3 Å². The number of hydrogen-bond acceptors (Lipinski definition) is 3. The molecule has 2 aromatic carbocycles. The third kappa shape index (κ3) is 5.05. The zero-order valence-electron chi connectivity index (χ0n) is 12.8. The SMILES string of the molecule is C=CCNC(=O)c1ccc(OC)c(CSc2ccc(Cl)cc2)c1. The quantitative estimate of drug-likeness (QED) is 0.589. The highest BCUT2D eigenvalue weighted by Crippen LogP contribution is 2.29. The van der Waals surface area contributed by atoms with Crippen LogP contribution in [0.5, 0.6) is 5.75 Å². The van der Waals surface area contributed by atoms with Gasteiger partial charge in [-0.25, -0.2) is 0 Å². The second kappa shape index (κ2) is 8.65. The summed E-state index contributed by atoms with van der Waals surface area (Å²) < 4.78 is 5.39. The molecule has 0 aliphatic carbocycles. The number of halogens is 1. The minimum Gasteiger partial charge on any atom is -0.496 e. The van der Waals surface area contributed by atoms with Crippen molar-refractivity contribution in [1.82, 2.24) is 5.32 Å². The van der Waals surface area contributed by atoms with Crippen molar-refractivity contribution in [3.63, 3.8) is 0 Å². The van der Waals surface area contributed by atoms with Crippen LogP contribution in [0.25, 0.3) is 0 Å². The number of amides is 1. The molecule has 0 saturated carbocycles. The summed E-state index contributed by atoms with van der Waals surface area (Å²) in [6, 6.07) is 13.1. The van der Waals surface area contributed by atoms with E-state index >= 15 is 0 Å². The average molecular weight is 348 g/mol. The number of hydrogen-bond donors (Lipinski definition) is 1. The van der Waals surface area contributed by atoms with Crippen molar-refractivity contribution >= 4 is 29.3 Å². The summed E-state index contributed by atoms with van der Waals surface area (Å²) in [5.41, 5.74) is 1.58. The first-order chi connectivity index (χ1) is 11.1. The summed E-state index contributed by atoms with van der Waals surface area (Å²) >= 11 is 7.56. The average Bonchev–Trinajstić information content (AvgIpc) is 2.58. The molecule has 0 aromatic heterocycles. The molecule has 0 aliphatic rings. The summed E-state index contributed by atoms with van der Waals surface area (Å²) in [4.78, 5) is 13.2. The van der Waals surface area contributed by atoms with Crippen molar-refractivity contribution in [2.45, 2.75) is 10.6 Å². The van der Waals surface area contributed by atoms with Crippen molar-refractivity contribution < 1.29 is 9.53 Å². The fraction of sp³-hybridized carbons (Fsp3) is 0.167. The molecular formula is C18H18ClNO2S. The fourth-order valence-electron chi connectivity index (χ4n) is 1.99. The molecule has 0 radical (unpaired) electrons. The summed E-state index contributed by atoms with van der Waals surface area (Å²) in [6.45, 7) is 4.04. The van der Waals surface area contributed by atoms with E-state index in [1.165, 1.54) is 0 Å². The molecule has 0 spiro atoms. The fourth-order valence-corrected chi connectivity index (χ4v) is 2.99. The number of benzene rings is 2. The molecule has 0 fully saturated rings. The Morgan fingerprint density at radius 1 is 1.30 bits per heavy atom. The largest absolute Gasteiger partial charge is 0.496 e. The van der Waals surface area contributed by atoms with E-state index in [2.05, 4.69) is 11.9 Å². The molecule has 23 heavy (non-hydrogen) atoms. The predicted molar refractivity (Wildman–Crippen MR) is 96.5 cm³/mol. The number of carbonyl (C=O) groups is 1. The van der Waals surface area contributed by atoms with Crippen LogP contribution in [0.1, 0.15) is 15.9 Å². The molecule has 5 heteroatoms. The topological polar surface area (TPSA) is 38.3 Å². The second-order valence-electron chi connectivity index (χ2n) is 4.77. The van der Waals surface area contributed by atoms with Crippen molar-refractivity contribution in [3.05, 3.63) is 71.3 Å². The van der Waals surface area contributed by atoms with Crippen LogP contribution in [-0.4, -0.2) is 19.6 Å². The minimum absolute atomic E-state index is 0.120. The number of rotatable bonds is 7. The van der Waals surface area contributed by atoms with Crippen LogP contribution >= 0.6 is 23.4 Å². The van der Waals surface area contributed by atoms with Crippen molar-refractivity contribution in [1.29, 1.82) is 0 Å². The standard InChI is InChI=1S/C18H18ClNO2S/c1-3-10-20-18(21)13-4-9-17(22-2)14(11-13)12-23-16-7-5-15(19)6-8-16/h3-9,11H,1,10,12H2,2H3,(H,20,21). The van der Waals surface area contributed by atoms with E-state index in [0.717, 1.165) is 16.2 Å². The van der Waals surface area contributed by atoms with Gasteiger partial charge in [0.05, 0.1) is 7.11 Å². The molecule has 3 nitrogen and oxygen atoms in total. The summed E-state index contributed by atoms with van der Waals surface area (Å²) in [5.74, 6) is 1.35. The number of ether oxygens (including phenoxy) is 1. The molecule has 1 N–H and O–H groups in total. The second-order valence-corrected chi connectivity index (χ2v) is 6.25. The van der Waals surface area contributed by atoms with Gasteiger partial charge in [0.25, 0.3) is 5.91 Å². The van der Waals surface area contributed by atoms with Crippen LogP contribution in [0, 0.1) is 0 Å². The Kier molecular flexibility index (Phi) is 6.56. The van der Waals surface area contributed by atoms with Gasteiger partial charge in [-0.1, -0.05) is 17.7 Å². The molecular weight excluding hydrogens is 330 g/mol. The first-order valence-electron chi connectivity index (χ1n) is 7.08. The lowest BCUT2D eigenvalue weighted by Gasteiger charge is -2.11. The Morgan fingerprint density at radius 2 is 2.04 bits per heavy atom. The Balaban J connectivity index is 2.13. The third-order valence-electron chi connectivity index (χ3n) is 3.16. The number of methoxy groups -OCH3 is 1. The van der Waals surface area contributed by atoms with E-state index in [1.807, 2.05) is 36.4 Å². The van der Waals surface area contributed by atoms with Gasteiger partial charge in [-0.2, -0.15) is 0 Å². The monoisotopic (exact) mass is 347 g/mol. The van der Waals surface area contributed by atoms with Gasteiger partial charge in [0.1, 0.15) is 5.75 Å². The van der Waals surface area contributed by atoms with Gasteiger partial charge in [-0.3, -0.25) is 4.79 Å². The highest BCUT2D eigenvalue weighted by molar-refractivity contribution is 7.98. The number of nitrogens with one attached hydrogen (secondary N) is 1. The summed E-state index contributed by atoms with van der Waals surface area (Å²) in [6.07, 6.45) is 1.65. The van der Waals surface area contributed by atoms with Crippen LogP contribution in [-0.2, 0) is 5.75 Å². The predicted octanol–water partition coefficient (Wildman–Crippen LogP) is 4.56. The Morgan fingerprint density at radius 3 is 2.70 bits per heavy atom. The van der Waals surface area contributed by atoms with Crippen LogP contribution in [0.15, 0.2) is 60.0 Å². The summed E-state index contributed by atoms with van der Waals surface area (Å²) in [5, 5.41) is 3.49. The zero-order chi connectivity index (χ0) is 16.7. The van der Waals surface area contributed by atoms with Crippen molar-refractivity contribution in [2.24, 2.45) is 0 Å². The highest BCUT2D eigenvalue weighted by Gasteiger charge is 2.10. The molecule has 0 saturated heterocycles. The van der Waals surface area contributed by atoms with Crippen LogP contribution in [0.4, 0.5) is 0 Å². The van der Waals surface area contributed by atoms with Gasteiger partial charge in [-0.05, 0) is 42.5 Å². The molecule has 1 amide bonds. The first kappa shape index (κ1) is 17.4. The maximum Gasteiger partial charge on any atom is 0.251 e. The lowest BCUT2D eigenvalue weighted by molar-refractivity contribution is 0.0958. The first-order valence-corrected chi connectivity index (χ1v) is 8.44. The van der Waals surface area contributed by atoms with Crippen molar-refractivity contribution in [2.75, 3.05) is 13.7 Å². The molecule has 2 rings (SSSR count). The summed E-state index contributed by atoms with van der Waals surface area (Å²) in [7, 11) is 1.63. The number of carbonyl (C=O) groups excluding carboxylic acids is 1. The molecule has 0 atom stereocenters. The maximum absolute atomic E-state index is 12.0. The Hall–Kier alpha value is -1.91. The smallest absolute Gasteiger partial charge is 0.251 e. The molecule has 0 unspecified atom stereocenters. The molecule has 0 aliphatic heterocycles. The van der Waals surface area contributed by atoms with Crippen molar-refractivity contribution in [3.8, 4) is 5.75 Å². The van der Waals surface area contributed by atoms with E-state index in [-0.39, 0.29) is 5.91 Å². The minimum atomic E-state index is -0.120. The molecule has 0 heterocycles. The van der Waals surface area contributed by atoms with Gasteiger partial charge >= 0.3 is 0 Å². The normalized spacial score (nSPS) is 10.2. The molecule has 120 valence electrons. The van der Waals surface area contributed by atoms with Crippen LogP contribution in [0.3, 0.4) is 0 Å². The van der Waals surface area contributed by atoms with E-state index in [0.29, 0.717) is 22.9 Å². The lowest BCUT2D eigenvalue weighted by Crippen LogP contribution is -2.23. The van der Waals surface area contributed by atoms with E-state index in [1.54, 1.807) is 31.0 Å². The number of thioether (sulfide) groups is 1. The Labute approximate surface area is 145 Å². The van der Waals surface area contributed by atoms with E-state index in [9.17, 15) is 4.79 Å². The third-order valence-corrected chi connectivity index (χ3v) is 4.47. The zero-order valence-corrected chi connectivity index (χ0v) is 14.4. The maximum atomic E-state index is 12.0. The Bertz CT molecular complexity index is 686. The molecule has 0 bridgehead atoms. The van der Waals surface area contributed by atoms with Gasteiger partial charge in [0.15, 0.2) is 0 Å². The molecule has 2 aromatic rings.